The van der Waals surface area contributed by atoms with Crippen LogP contribution in [0, 0.1) is 44.9 Å². The van der Waals surface area contributed by atoms with E-state index in [-0.39, 0.29) is 93.5 Å². The van der Waals surface area contributed by atoms with E-state index in [0.29, 0.717) is 110 Å². The van der Waals surface area contributed by atoms with Crippen LogP contribution in [0.1, 0.15) is 166 Å². The Morgan fingerprint density at radius 3 is 0.717 bits per heavy atom. The van der Waals surface area contributed by atoms with Gasteiger partial charge in [-0.25, -0.2) is 17.6 Å². The van der Waals surface area contributed by atoms with Crippen molar-refractivity contribution in [1.82, 2.24) is 19.6 Å². The Labute approximate surface area is 815 Å². The SMILES string of the molecule is COc1ccc(CC(=O)c2ccc(C(=N)N(C)C)cc2F)c(C(=O)Nc2ccc(Cl)cc2)c1.COc1ccc(CC(=O)c2ccc(C(=N)N3CCC3)cc2F)c(C(=O)Nc2ccc(Cl)cc2)c1.COc1ccc(CC(=O)c2ccc(C(=N)N3CCCC3)cc2F)c(C(=O)Nc2ccc(Cl)cc2)c1.COc1ccc(CC(=O)c2ccc(C(=N)N3CCCCC3)cc2F)c(C(=O)Nc2ccc(Cl)cc2)c1. The number of hydrogen-bond donors (Lipinski definition) is 8. The van der Waals surface area contributed by atoms with Crippen molar-refractivity contribution in [3.05, 3.63) is 375 Å². The summed E-state index contributed by atoms with van der Waals surface area (Å²) in [6.45, 7) is 4.66. The molecule has 0 aromatic heterocycles. The lowest BCUT2D eigenvalue weighted by Gasteiger charge is -2.33. The Bertz CT molecular complexity index is 6600. The van der Waals surface area contributed by atoms with Crippen LogP contribution in [0.3, 0.4) is 0 Å². The molecule has 12 aromatic rings. The molecule has 12 aromatic carbocycles. The lowest BCUT2D eigenvalue weighted by molar-refractivity contribution is 0.0976. The summed E-state index contributed by atoms with van der Waals surface area (Å²) in [6.07, 6.45) is 5.49. The first-order chi connectivity index (χ1) is 66.2. The smallest absolute Gasteiger partial charge is 0.256 e. The number of nitrogens with one attached hydrogen (secondary N) is 8. The van der Waals surface area contributed by atoms with Gasteiger partial charge in [0.2, 0.25) is 0 Å². The molecular weight excluding hydrogens is 1850 g/mol. The zero-order chi connectivity index (χ0) is 99.0. The van der Waals surface area contributed by atoms with Crippen LogP contribution < -0.4 is 40.2 Å². The first kappa shape index (κ1) is 102. The van der Waals surface area contributed by atoms with E-state index in [1.807, 2.05) is 14.7 Å². The molecule has 0 unspecified atom stereocenters. The minimum absolute atomic E-state index is 0.0786. The second-order valence-electron chi connectivity index (χ2n) is 32.5. The van der Waals surface area contributed by atoms with E-state index >= 15 is 0 Å². The molecule has 3 fully saturated rings. The van der Waals surface area contributed by atoms with Crippen molar-refractivity contribution < 1.29 is 74.9 Å². The molecule has 0 spiro atoms. The molecule has 0 bridgehead atoms. The molecule has 3 saturated heterocycles. The van der Waals surface area contributed by atoms with Crippen molar-refractivity contribution in [2.75, 3.05) is 103 Å². The van der Waals surface area contributed by atoms with Crippen LogP contribution in [0.15, 0.2) is 243 Å². The highest BCUT2D eigenvalue weighted by Crippen LogP contribution is 2.32. The molecule has 0 aliphatic carbocycles. The summed E-state index contributed by atoms with van der Waals surface area (Å²) in [5, 5.41) is 46.1. The first-order valence-electron chi connectivity index (χ1n) is 43.8. The van der Waals surface area contributed by atoms with Crippen LogP contribution in [0.2, 0.25) is 20.1 Å². The monoisotopic (exact) mass is 1950 g/mol. The second kappa shape index (κ2) is 48.1. The van der Waals surface area contributed by atoms with Gasteiger partial charge in [-0.3, -0.25) is 60.0 Å². The van der Waals surface area contributed by atoms with E-state index < -0.39 is 70.0 Å². The van der Waals surface area contributed by atoms with Crippen molar-refractivity contribution >= 4 is 139 Å². The lowest BCUT2D eigenvalue weighted by atomic mass is 9.96. The average molecular weight is 1950 g/mol. The number of carbonyl (C=O) groups excluding carboxylic acids is 8. The van der Waals surface area contributed by atoms with Gasteiger partial charge in [-0.1, -0.05) is 94.9 Å². The number of ketones is 4. The Balaban J connectivity index is 0.000000165. The summed E-state index contributed by atoms with van der Waals surface area (Å²) < 4.78 is 80.3. The van der Waals surface area contributed by atoms with Gasteiger partial charge in [-0.05, 0) is 255 Å². The molecule has 8 N–H and O–H groups in total. The first-order valence-corrected chi connectivity index (χ1v) is 45.3. The Kier molecular flexibility index (Phi) is 35.6. The highest BCUT2D eigenvalue weighted by atomic mass is 35.5. The van der Waals surface area contributed by atoms with Gasteiger partial charge >= 0.3 is 0 Å². The van der Waals surface area contributed by atoms with Gasteiger partial charge in [0.05, 0.1) is 50.7 Å². The molecule has 3 aliphatic rings. The van der Waals surface area contributed by atoms with Crippen molar-refractivity contribution in [2.45, 2.75) is 64.2 Å². The predicted octanol–water partition coefficient (Wildman–Crippen LogP) is 21.8. The maximum absolute atomic E-state index is 15.0. The van der Waals surface area contributed by atoms with Gasteiger partial charge in [-0.2, -0.15) is 0 Å². The number of hydrogen-bond acceptors (Lipinski definition) is 16. The number of carbonyl (C=O) groups is 8. The molecular formula is C106H98Cl4F4N12O12. The molecule has 0 atom stereocenters. The number of ether oxygens (including phenoxy) is 4. The van der Waals surface area contributed by atoms with Gasteiger partial charge in [-0.15, -0.1) is 0 Å². The third-order valence-electron chi connectivity index (χ3n) is 22.9. The number of Topliss-reactive ketones (excluding diaryl/α,β-unsaturated/α-hetero) is 4. The van der Waals surface area contributed by atoms with Crippen molar-refractivity contribution in [1.29, 1.82) is 21.6 Å². The number of anilines is 4. The van der Waals surface area contributed by atoms with Gasteiger partial charge in [0.25, 0.3) is 23.6 Å². The normalized spacial score (nSPS) is 12.3. The van der Waals surface area contributed by atoms with E-state index in [0.717, 1.165) is 83.9 Å². The standard InChI is InChI=1S/C28H27ClFN3O3.C27H25ClFN3O3.C26H23ClFN3O3.C25H23ClFN3O3/c1-36-22-11-5-18(24(17-22)28(35)32-21-9-7-20(29)8-10-21)16-26(34)23-12-6-19(15-25(23)30)27(31)33-13-3-2-4-14-33;1-35-21-10-4-17(23(16-21)27(34)31-20-8-6-19(28)7-9-20)15-25(33)22-11-5-18(14-24(22)29)26(30)32-12-2-3-13-32;1-34-20-9-3-16(22(15-20)26(33)30-19-7-5-18(27)6-8-19)14-24(32)21-10-4-17(13-23(21)28)25(29)31-11-2-12-31;1-30(2)24(28)16-5-11-20(22(27)12-16)23(31)13-15-4-10-19(33-3)14-21(15)25(32)29-18-8-6-17(26)7-9-18/h5-12,15,17,31H,2-4,13-14,16H2,1H3,(H,32,35);4-11,14,16,30H,2-3,12-13,15H2,1H3,(H,31,34);3-10,13,15,29H,2,11-12,14H2,1H3,(H,30,33);4-12,14,28H,13H2,1-3H3,(H,29,32). The van der Waals surface area contributed by atoms with Crippen LogP contribution in [0.5, 0.6) is 23.0 Å². The minimum Gasteiger partial charge on any atom is -0.497 e. The van der Waals surface area contributed by atoms with Crippen molar-refractivity contribution in [3.63, 3.8) is 0 Å². The molecule has 15 rings (SSSR count). The summed E-state index contributed by atoms with van der Waals surface area (Å²) in [6, 6.07) is 62.6. The molecule has 32 heteroatoms. The molecule has 710 valence electrons. The van der Waals surface area contributed by atoms with E-state index in [4.69, 9.17) is 87.0 Å². The number of piperidine rings is 1. The Hall–Kier alpha value is -14.8. The fourth-order valence-electron chi connectivity index (χ4n) is 15.1. The maximum Gasteiger partial charge on any atom is 0.256 e. The van der Waals surface area contributed by atoms with Crippen LogP contribution in [-0.4, -0.2) is 172 Å². The molecule has 138 heavy (non-hydrogen) atoms. The molecule has 0 radical (unpaired) electrons. The second-order valence-corrected chi connectivity index (χ2v) is 34.2. The minimum atomic E-state index is -0.718. The zero-order valence-corrected chi connectivity index (χ0v) is 79.1. The quantitative estimate of drug-likeness (QED) is 0.00977. The van der Waals surface area contributed by atoms with Gasteiger partial charge in [0.1, 0.15) is 69.6 Å². The maximum atomic E-state index is 15.0. The summed E-state index contributed by atoms with van der Waals surface area (Å²) in [7, 11) is 9.29. The number of nitrogens with zero attached hydrogens (tertiary/aromatic N) is 4. The van der Waals surface area contributed by atoms with Crippen molar-refractivity contribution in [3.8, 4) is 23.0 Å². The number of rotatable bonds is 28. The predicted molar refractivity (Wildman–Crippen MR) is 531 cm³/mol. The van der Waals surface area contributed by atoms with Gasteiger partial charge in [0, 0.05) is 166 Å². The average Bonchev–Trinajstić information content (AvgIpc) is 1.09. The number of likely N-dealkylation sites (tertiary alicyclic amines) is 3. The molecule has 3 aliphatic heterocycles. The van der Waals surface area contributed by atoms with Crippen LogP contribution >= 0.6 is 46.4 Å². The lowest BCUT2D eigenvalue weighted by Crippen LogP contribution is -2.42. The van der Waals surface area contributed by atoms with Gasteiger partial charge in [0.15, 0.2) is 23.1 Å². The molecule has 4 amide bonds. The molecule has 3 heterocycles. The number of benzene rings is 12. The van der Waals surface area contributed by atoms with E-state index in [9.17, 15) is 55.9 Å². The van der Waals surface area contributed by atoms with E-state index in [1.54, 1.807) is 201 Å². The Morgan fingerprint density at radius 2 is 0.507 bits per heavy atom. The fraction of sp³-hybridized carbons (Fsp3) is 0.208. The molecule has 24 nitrogen and oxygen atoms in total. The third kappa shape index (κ3) is 27.1. The van der Waals surface area contributed by atoms with Crippen molar-refractivity contribution in [2.24, 2.45) is 0 Å². The highest BCUT2D eigenvalue weighted by molar-refractivity contribution is 6.32. The van der Waals surface area contributed by atoms with Gasteiger partial charge < -0.3 is 59.8 Å². The van der Waals surface area contributed by atoms with Crippen LogP contribution in [-0.2, 0) is 25.7 Å². The number of amides is 4. The third-order valence-corrected chi connectivity index (χ3v) is 24.0. The Morgan fingerprint density at radius 1 is 0.290 bits per heavy atom. The number of halogens is 8. The molecule has 0 saturated carbocycles. The zero-order valence-electron chi connectivity index (χ0n) is 76.1. The highest BCUT2D eigenvalue weighted by Gasteiger charge is 2.29. The number of methoxy groups -OCH3 is 4. The van der Waals surface area contributed by atoms with E-state index in [1.165, 1.54) is 83.0 Å². The van der Waals surface area contributed by atoms with Crippen LogP contribution in [0.4, 0.5) is 40.3 Å². The summed E-state index contributed by atoms with van der Waals surface area (Å²) in [5.74, 6) is -3.64. The van der Waals surface area contributed by atoms with Crippen LogP contribution in [0.25, 0.3) is 0 Å². The number of amidine groups is 4. The summed E-state index contributed by atoms with van der Waals surface area (Å²) >= 11 is 23.6. The van der Waals surface area contributed by atoms with E-state index in [2.05, 4.69) is 21.3 Å². The fourth-order valence-corrected chi connectivity index (χ4v) is 15.7. The summed E-state index contributed by atoms with van der Waals surface area (Å²) in [4.78, 5) is 111. The topological polar surface area (TPSA) is 330 Å². The largest absolute Gasteiger partial charge is 0.497 e. The summed E-state index contributed by atoms with van der Waals surface area (Å²) in [5.41, 5.74) is 6.23.